The summed E-state index contributed by atoms with van der Waals surface area (Å²) in [6.07, 6.45) is 3.62. The average Bonchev–Trinajstić information content (AvgIpc) is 3.75. The minimum Gasteiger partial charge on any atom is -0.456 e. The Hall–Kier alpha value is -5.35. The van der Waals surface area contributed by atoms with Gasteiger partial charge in [-0.25, -0.2) is 0 Å². The Morgan fingerprint density at radius 1 is 0.533 bits per heavy atom. The normalized spacial score (nSPS) is 11.4. The standard InChI is InChI=1S/C29H15N2O.C11H8N.Ir/c1-3-10-23-18(7-1)20-16-26-27(19-8-2-4-11-25(19)32-26)28-21-15-17(22-9-5-6-14-30-22)12-13-24(21)31(23)29(20)28;1-2-6-10(7-3-1)11-8-4-5-9-12-11;/h1-11,13-16H;1-6,8-9H;/q2*-1;. The van der Waals surface area contributed by atoms with Crippen LogP contribution in [0.1, 0.15) is 0 Å². The van der Waals surface area contributed by atoms with E-state index in [2.05, 4.69) is 81.1 Å². The Morgan fingerprint density at radius 2 is 1.24 bits per heavy atom. The second-order valence-electron chi connectivity index (χ2n) is 10.8. The number of fused-ring (bicyclic) bond motifs is 10. The predicted molar refractivity (Wildman–Crippen MR) is 179 cm³/mol. The molecule has 10 rings (SSSR count). The third-order valence-electron chi connectivity index (χ3n) is 8.33. The van der Waals surface area contributed by atoms with Gasteiger partial charge in [-0.15, -0.1) is 59.7 Å². The van der Waals surface area contributed by atoms with Crippen molar-refractivity contribution in [2.45, 2.75) is 0 Å². The van der Waals surface area contributed by atoms with Gasteiger partial charge < -0.3 is 18.8 Å². The van der Waals surface area contributed by atoms with E-state index in [4.69, 9.17) is 4.42 Å². The van der Waals surface area contributed by atoms with Crippen molar-refractivity contribution < 1.29 is 24.5 Å². The molecule has 0 aliphatic rings. The van der Waals surface area contributed by atoms with E-state index in [1.165, 1.54) is 38.0 Å². The van der Waals surface area contributed by atoms with Crippen molar-refractivity contribution in [1.29, 1.82) is 0 Å². The quantitative estimate of drug-likeness (QED) is 0.165. The van der Waals surface area contributed by atoms with E-state index in [0.29, 0.717) is 0 Å². The molecule has 0 amide bonds. The molecule has 0 N–H and O–H groups in total. The number of aromatic nitrogens is 3. The van der Waals surface area contributed by atoms with Crippen LogP contribution in [-0.4, -0.2) is 14.4 Å². The predicted octanol–water partition coefficient (Wildman–Crippen LogP) is 10.1. The van der Waals surface area contributed by atoms with Crippen molar-refractivity contribution in [2.75, 3.05) is 0 Å². The molecule has 5 heterocycles. The maximum Gasteiger partial charge on any atom is 0.136 e. The van der Waals surface area contributed by atoms with Crippen LogP contribution in [0.2, 0.25) is 0 Å². The van der Waals surface area contributed by atoms with Crippen LogP contribution in [0.5, 0.6) is 0 Å². The van der Waals surface area contributed by atoms with Gasteiger partial charge in [0, 0.05) is 64.9 Å². The zero-order valence-corrected chi connectivity index (χ0v) is 26.3. The summed E-state index contributed by atoms with van der Waals surface area (Å²) in [5.74, 6) is 0. The molecule has 0 aliphatic carbocycles. The zero-order chi connectivity index (χ0) is 29.0. The van der Waals surface area contributed by atoms with Crippen LogP contribution < -0.4 is 0 Å². The third-order valence-corrected chi connectivity index (χ3v) is 8.33. The third kappa shape index (κ3) is 4.32. The molecule has 4 nitrogen and oxygen atoms in total. The molecule has 0 aliphatic heterocycles. The van der Waals surface area contributed by atoms with Crippen LogP contribution in [-0.2, 0) is 20.1 Å². The van der Waals surface area contributed by atoms with Crippen LogP contribution in [0.4, 0.5) is 0 Å². The average molecular weight is 754 g/mol. The summed E-state index contributed by atoms with van der Waals surface area (Å²) < 4.78 is 8.73. The number of nitrogens with zero attached hydrogens (tertiary/aromatic N) is 3. The fourth-order valence-corrected chi connectivity index (χ4v) is 6.46. The monoisotopic (exact) mass is 754 g/mol. The summed E-state index contributed by atoms with van der Waals surface area (Å²) in [5.41, 5.74) is 9.39. The van der Waals surface area contributed by atoms with E-state index in [0.717, 1.165) is 44.6 Å². The van der Waals surface area contributed by atoms with E-state index in [9.17, 15) is 0 Å². The van der Waals surface area contributed by atoms with Crippen LogP contribution in [0.25, 0.3) is 82.5 Å². The Labute approximate surface area is 272 Å². The van der Waals surface area contributed by atoms with Crippen molar-refractivity contribution in [1.82, 2.24) is 14.4 Å². The molecule has 5 aromatic heterocycles. The smallest absolute Gasteiger partial charge is 0.136 e. The molecule has 215 valence electrons. The first kappa shape index (κ1) is 27.2. The van der Waals surface area contributed by atoms with Crippen molar-refractivity contribution >= 4 is 60.0 Å². The molecule has 0 bridgehead atoms. The molecule has 0 saturated heterocycles. The SMILES string of the molecule is [Ir].[c-]1cc2c(cc1-c1ccccn1)c1c3c(cc4c5ccccc5n2c41)oc1ccccc13.[c-]1ccccc1-c1ccccn1. The van der Waals surface area contributed by atoms with Gasteiger partial charge in [-0.1, -0.05) is 66.0 Å². The maximum absolute atomic E-state index is 6.34. The van der Waals surface area contributed by atoms with Gasteiger partial charge in [0.2, 0.25) is 0 Å². The fourth-order valence-electron chi connectivity index (χ4n) is 6.46. The molecule has 0 spiro atoms. The fraction of sp³-hybridized carbons (Fsp3) is 0. The van der Waals surface area contributed by atoms with Gasteiger partial charge in [-0.05, 0) is 47.2 Å². The maximum atomic E-state index is 6.34. The van der Waals surface area contributed by atoms with Crippen LogP contribution in [0, 0.1) is 12.1 Å². The first-order valence-corrected chi connectivity index (χ1v) is 14.6. The van der Waals surface area contributed by atoms with E-state index >= 15 is 0 Å². The Bertz CT molecular complexity index is 2550. The van der Waals surface area contributed by atoms with Crippen molar-refractivity contribution in [3.05, 3.63) is 152 Å². The van der Waals surface area contributed by atoms with Gasteiger partial charge in [0.1, 0.15) is 11.2 Å². The Kier molecular flexibility index (Phi) is 6.64. The Morgan fingerprint density at radius 3 is 2.00 bits per heavy atom. The second kappa shape index (κ2) is 11.0. The van der Waals surface area contributed by atoms with Gasteiger partial charge >= 0.3 is 0 Å². The molecule has 5 aromatic carbocycles. The Balaban J connectivity index is 0.000000196. The van der Waals surface area contributed by atoms with Crippen molar-refractivity contribution in [2.24, 2.45) is 0 Å². The molecule has 0 fully saturated rings. The first-order chi connectivity index (χ1) is 21.8. The molecule has 5 heteroatoms. The van der Waals surface area contributed by atoms with E-state index < -0.39 is 0 Å². The zero-order valence-electron chi connectivity index (χ0n) is 23.9. The van der Waals surface area contributed by atoms with Gasteiger partial charge in [0.05, 0.1) is 5.52 Å². The van der Waals surface area contributed by atoms with E-state index in [1.54, 1.807) is 6.20 Å². The minimum atomic E-state index is 0. The molecule has 10 aromatic rings. The molecule has 0 atom stereocenters. The molecular formula is C40H23IrN3O-2. The number of benzene rings is 5. The van der Waals surface area contributed by atoms with Gasteiger partial charge in [-0.3, -0.25) is 0 Å². The van der Waals surface area contributed by atoms with Crippen molar-refractivity contribution in [3.63, 3.8) is 0 Å². The van der Waals surface area contributed by atoms with Crippen LogP contribution >= 0.6 is 0 Å². The molecule has 0 unspecified atom stereocenters. The number of hydrogen-bond donors (Lipinski definition) is 0. The number of hydrogen-bond acceptors (Lipinski definition) is 3. The number of furan rings is 1. The van der Waals surface area contributed by atoms with Crippen LogP contribution in [0.15, 0.2) is 144 Å². The largest absolute Gasteiger partial charge is 0.456 e. The number of rotatable bonds is 2. The van der Waals surface area contributed by atoms with E-state index in [1.807, 2.05) is 79.0 Å². The minimum absolute atomic E-state index is 0. The number of para-hydroxylation sites is 2. The summed E-state index contributed by atoms with van der Waals surface area (Å²) in [7, 11) is 0. The van der Waals surface area contributed by atoms with Crippen molar-refractivity contribution in [3.8, 4) is 22.5 Å². The molecule has 45 heavy (non-hydrogen) atoms. The van der Waals surface area contributed by atoms with Crippen LogP contribution in [0.3, 0.4) is 0 Å². The summed E-state index contributed by atoms with van der Waals surface area (Å²) in [6, 6.07) is 49.8. The number of pyridine rings is 2. The van der Waals surface area contributed by atoms with E-state index in [-0.39, 0.29) is 20.1 Å². The summed E-state index contributed by atoms with van der Waals surface area (Å²) >= 11 is 0. The molecular weight excluding hydrogens is 731 g/mol. The summed E-state index contributed by atoms with van der Waals surface area (Å²) in [6.45, 7) is 0. The van der Waals surface area contributed by atoms with Gasteiger partial charge in [-0.2, -0.15) is 0 Å². The second-order valence-corrected chi connectivity index (χ2v) is 10.8. The first-order valence-electron chi connectivity index (χ1n) is 14.6. The van der Waals surface area contributed by atoms with Gasteiger partial charge in [0.15, 0.2) is 0 Å². The summed E-state index contributed by atoms with van der Waals surface area (Å²) in [4.78, 5) is 8.77. The molecule has 1 radical (unpaired) electrons. The van der Waals surface area contributed by atoms with Gasteiger partial charge in [0.25, 0.3) is 0 Å². The molecule has 0 saturated carbocycles. The summed E-state index contributed by atoms with van der Waals surface area (Å²) in [5, 5.41) is 7.22. The topological polar surface area (TPSA) is 43.3 Å².